The maximum absolute atomic E-state index is 4.60. The molecule has 2 aromatic rings. The third-order valence-corrected chi connectivity index (χ3v) is 3.48. The highest BCUT2D eigenvalue weighted by Gasteiger charge is 2.01. The maximum Gasteiger partial charge on any atom is 0.0938 e. The fourth-order valence-electron chi connectivity index (χ4n) is 1.59. The van der Waals surface area contributed by atoms with Crippen LogP contribution >= 0.6 is 11.3 Å². The Morgan fingerprint density at radius 3 is 2.93 bits per heavy atom. The van der Waals surface area contributed by atoms with Gasteiger partial charge in [0.15, 0.2) is 0 Å². The molecule has 0 atom stereocenters. The van der Waals surface area contributed by atoms with Gasteiger partial charge in [0.2, 0.25) is 0 Å². The van der Waals surface area contributed by atoms with Gasteiger partial charge in [-0.25, -0.2) is 4.98 Å². The van der Waals surface area contributed by atoms with E-state index in [1.807, 2.05) is 23.5 Å². The van der Waals surface area contributed by atoms with Crippen molar-refractivity contribution in [2.24, 2.45) is 0 Å². The summed E-state index contributed by atoms with van der Waals surface area (Å²) < 4.78 is 1.30. The number of allylic oxidation sites excluding steroid dienone is 1. The third-order valence-electron chi connectivity index (χ3n) is 2.39. The number of thiazole rings is 1. The standard InChI is InChI=1S/C13H15NS/c1-2-3-4-5-10-13-14-11-8-6-7-9-12(11)15-13/h2,6-9H,1,3-5,10H2. The van der Waals surface area contributed by atoms with Gasteiger partial charge < -0.3 is 0 Å². The van der Waals surface area contributed by atoms with Gasteiger partial charge in [-0.3, -0.25) is 0 Å². The van der Waals surface area contributed by atoms with Gasteiger partial charge in [-0.15, -0.1) is 17.9 Å². The molecule has 1 heterocycles. The number of fused-ring (bicyclic) bond motifs is 1. The highest BCUT2D eigenvalue weighted by Crippen LogP contribution is 2.22. The Morgan fingerprint density at radius 2 is 2.13 bits per heavy atom. The van der Waals surface area contributed by atoms with Crippen molar-refractivity contribution in [3.05, 3.63) is 41.9 Å². The molecule has 78 valence electrons. The largest absolute Gasteiger partial charge is 0.241 e. The van der Waals surface area contributed by atoms with Gasteiger partial charge in [0.1, 0.15) is 0 Å². The molecule has 0 N–H and O–H groups in total. The number of rotatable bonds is 5. The Kier molecular flexibility index (Phi) is 3.51. The Balaban J connectivity index is 1.99. The molecule has 0 radical (unpaired) electrons. The van der Waals surface area contributed by atoms with Crippen molar-refractivity contribution in [3.63, 3.8) is 0 Å². The van der Waals surface area contributed by atoms with E-state index in [0.29, 0.717) is 0 Å². The van der Waals surface area contributed by atoms with Crippen LogP contribution in [0.4, 0.5) is 0 Å². The summed E-state index contributed by atoms with van der Waals surface area (Å²) in [5.41, 5.74) is 1.14. The van der Waals surface area contributed by atoms with Gasteiger partial charge in [0.25, 0.3) is 0 Å². The Labute approximate surface area is 94.5 Å². The zero-order chi connectivity index (χ0) is 10.5. The SMILES string of the molecule is C=CCCCCc1nc2ccccc2s1. The van der Waals surface area contributed by atoms with Crippen LogP contribution < -0.4 is 0 Å². The minimum absolute atomic E-state index is 1.10. The lowest BCUT2D eigenvalue weighted by atomic mass is 10.2. The molecule has 0 aliphatic carbocycles. The number of aromatic nitrogens is 1. The first-order valence-electron chi connectivity index (χ1n) is 5.35. The van der Waals surface area contributed by atoms with Crippen LogP contribution in [0.5, 0.6) is 0 Å². The minimum atomic E-state index is 1.10. The number of hydrogen-bond donors (Lipinski definition) is 0. The summed E-state index contributed by atoms with van der Waals surface area (Å²) in [5, 5.41) is 1.26. The molecule has 0 saturated carbocycles. The van der Waals surface area contributed by atoms with E-state index in [1.165, 1.54) is 22.5 Å². The maximum atomic E-state index is 4.60. The number of aryl methyl sites for hydroxylation is 1. The second-order valence-electron chi connectivity index (χ2n) is 3.61. The average Bonchev–Trinajstić information content (AvgIpc) is 2.67. The first-order valence-corrected chi connectivity index (χ1v) is 6.17. The number of para-hydroxylation sites is 1. The quantitative estimate of drug-likeness (QED) is 0.540. The summed E-state index contributed by atoms with van der Waals surface area (Å²) in [4.78, 5) is 4.60. The molecular formula is C13H15NS. The molecule has 2 heteroatoms. The summed E-state index contributed by atoms with van der Waals surface area (Å²) >= 11 is 1.82. The first-order chi connectivity index (χ1) is 7.40. The topological polar surface area (TPSA) is 12.9 Å². The second kappa shape index (κ2) is 5.08. The van der Waals surface area contributed by atoms with Crippen molar-refractivity contribution in [3.8, 4) is 0 Å². The van der Waals surface area contributed by atoms with E-state index in [1.54, 1.807) is 0 Å². The van der Waals surface area contributed by atoms with Gasteiger partial charge in [0, 0.05) is 0 Å². The summed E-state index contributed by atoms with van der Waals surface area (Å²) in [7, 11) is 0. The predicted molar refractivity (Wildman–Crippen MR) is 67.4 cm³/mol. The molecule has 0 aliphatic rings. The summed E-state index contributed by atoms with van der Waals surface area (Å²) in [6.45, 7) is 3.73. The van der Waals surface area contributed by atoms with Gasteiger partial charge in [0.05, 0.1) is 15.2 Å². The molecule has 0 aliphatic heterocycles. The van der Waals surface area contributed by atoms with Crippen LogP contribution in [0, 0.1) is 0 Å². The molecule has 0 bridgehead atoms. The van der Waals surface area contributed by atoms with Crippen LogP contribution in [0.15, 0.2) is 36.9 Å². The highest BCUT2D eigenvalue weighted by atomic mass is 32.1. The van der Waals surface area contributed by atoms with E-state index >= 15 is 0 Å². The van der Waals surface area contributed by atoms with E-state index in [2.05, 4.69) is 29.8 Å². The van der Waals surface area contributed by atoms with E-state index in [4.69, 9.17) is 0 Å². The Morgan fingerprint density at radius 1 is 1.27 bits per heavy atom. The molecule has 0 spiro atoms. The lowest BCUT2D eigenvalue weighted by Crippen LogP contribution is -1.82. The van der Waals surface area contributed by atoms with Gasteiger partial charge in [-0.05, 0) is 37.8 Å². The third kappa shape index (κ3) is 2.66. The zero-order valence-electron chi connectivity index (χ0n) is 8.78. The van der Waals surface area contributed by atoms with Crippen LogP contribution in [0.3, 0.4) is 0 Å². The van der Waals surface area contributed by atoms with Crippen molar-refractivity contribution in [1.29, 1.82) is 0 Å². The normalized spacial score (nSPS) is 10.7. The van der Waals surface area contributed by atoms with Gasteiger partial charge in [-0.2, -0.15) is 0 Å². The molecular weight excluding hydrogens is 202 g/mol. The highest BCUT2D eigenvalue weighted by molar-refractivity contribution is 7.18. The molecule has 1 aromatic heterocycles. The fraction of sp³-hybridized carbons (Fsp3) is 0.308. The van der Waals surface area contributed by atoms with Crippen LogP contribution in [-0.2, 0) is 6.42 Å². The van der Waals surface area contributed by atoms with Gasteiger partial charge >= 0.3 is 0 Å². The molecule has 0 saturated heterocycles. The van der Waals surface area contributed by atoms with Crippen molar-refractivity contribution in [1.82, 2.24) is 4.98 Å². The number of benzene rings is 1. The average molecular weight is 217 g/mol. The predicted octanol–water partition coefficient (Wildman–Crippen LogP) is 4.20. The summed E-state index contributed by atoms with van der Waals surface area (Å²) in [6, 6.07) is 8.34. The smallest absolute Gasteiger partial charge is 0.0938 e. The van der Waals surface area contributed by atoms with Crippen LogP contribution in [0.1, 0.15) is 24.3 Å². The Bertz CT molecular complexity index is 411. The molecule has 0 fully saturated rings. The Hall–Kier alpha value is -1.15. The lowest BCUT2D eigenvalue weighted by molar-refractivity contribution is 0.746. The summed E-state index contributed by atoms with van der Waals surface area (Å²) in [5.74, 6) is 0. The zero-order valence-corrected chi connectivity index (χ0v) is 9.59. The molecule has 2 rings (SSSR count). The van der Waals surface area contributed by atoms with Gasteiger partial charge in [-0.1, -0.05) is 18.2 Å². The van der Waals surface area contributed by atoms with Crippen molar-refractivity contribution in [2.75, 3.05) is 0 Å². The molecule has 0 unspecified atom stereocenters. The number of unbranched alkanes of at least 4 members (excludes halogenated alkanes) is 2. The molecule has 1 nitrogen and oxygen atoms in total. The van der Waals surface area contributed by atoms with Crippen LogP contribution in [0.25, 0.3) is 10.2 Å². The first kappa shape index (κ1) is 10.4. The minimum Gasteiger partial charge on any atom is -0.241 e. The number of hydrogen-bond acceptors (Lipinski definition) is 2. The second-order valence-corrected chi connectivity index (χ2v) is 4.72. The molecule has 15 heavy (non-hydrogen) atoms. The van der Waals surface area contributed by atoms with E-state index in [-0.39, 0.29) is 0 Å². The monoisotopic (exact) mass is 217 g/mol. The van der Waals surface area contributed by atoms with E-state index < -0.39 is 0 Å². The van der Waals surface area contributed by atoms with Crippen molar-refractivity contribution in [2.45, 2.75) is 25.7 Å². The van der Waals surface area contributed by atoms with E-state index in [0.717, 1.165) is 18.4 Å². The van der Waals surface area contributed by atoms with Crippen molar-refractivity contribution >= 4 is 21.6 Å². The summed E-state index contributed by atoms with van der Waals surface area (Å²) in [6.07, 6.45) is 6.64. The number of nitrogens with zero attached hydrogens (tertiary/aromatic N) is 1. The van der Waals surface area contributed by atoms with Crippen molar-refractivity contribution < 1.29 is 0 Å². The fourth-order valence-corrected chi connectivity index (χ4v) is 2.60. The van der Waals surface area contributed by atoms with Crippen LogP contribution in [0.2, 0.25) is 0 Å². The lowest BCUT2D eigenvalue weighted by Gasteiger charge is -1.93. The van der Waals surface area contributed by atoms with E-state index in [9.17, 15) is 0 Å². The molecule has 0 amide bonds. The molecule has 1 aromatic carbocycles. The van der Waals surface area contributed by atoms with Crippen LogP contribution in [-0.4, -0.2) is 4.98 Å².